The molecule has 0 bridgehead atoms. The second-order valence-electron chi connectivity index (χ2n) is 4.10. The predicted octanol–water partition coefficient (Wildman–Crippen LogP) is 2.26. The molecule has 1 atom stereocenters. The number of carbonyl (C=O) groups is 1. The molecule has 0 saturated carbocycles. The van der Waals surface area contributed by atoms with Gasteiger partial charge in [0.15, 0.2) is 0 Å². The molecule has 0 radical (unpaired) electrons. The summed E-state index contributed by atoms with van der Waals surface area (Å²) in [7, 11) is 0. The van der Waals surface area contributed by atoms with Gasteiger partial charge in [-0.2, -0.15) is 0 Å². The number of nitrogens with one attached hydrogen (secondary N) is 1. The third-order valence-electron chi connectivity index (χ3n) is 2.26. The third kappa shape index (κ3) is 3.03. The number of rotatable bonds is 4. The van der Waals surface area contributed by atoms with E-state index in [0.717, 1.165) is 0 Å². The largest absolute Gasteiger partial charge is 0.480 e. The van der Waals surface area contributed by atoms with Crippen LogP contribution in [0.5, 0.6) is 0 Å². The average Bonchev–Trinajstić information content (AvgIpc) is 2.18. The first-order valence-electron chi connectivity index (χ1n) is 5.16. The minimum absolute atomic E-state index is 0.0476. The SMILES string of the molecule is Cc1cc(C(NC(C)C)C(=O)O)ccc1F. The summed E-state index contributed by atoms with van der Waals surface area (Å²) in [5.41, 5.74) is 1.02. The molecule has 0 fully saturated rings. The molecule has 0 aliphatic heterocycles. The van der Waals surface area contributed by atoms with E-state index in [1.165, 1.54) is 12.1 Å². The zero-order chi connectivity index (χ0) is 12.3. The van der Waals surface area contributed by atoms with Crippen LogP contribution in [0.2, 0.25) is 0 Å². The summed E-state index contributed by atoms with van der Waals surface area (Å²) >= 11 is 0. The highest BCUT2D eigenvalue weighted by molar-refractivity contribution is 5.75. The summed E-state index contributed by atoms with van der Waals surface area (Å²) in [6.45, 7) is 5.35. The molecule has 0 amide bonds. The first kappa shape index (κ1) is 12.6. The van der Waals surface area contributed by atoms with E-state index in [0.29, 0.717) is 11.1 Å². The molecular weight excluding hydrogens is 209 g/mol. The summed E-state index contributed by atoms with van der Waals surface area (Å²) in [6, 6.07) is 3.61. The number of carboxylic acids is 1. The molecule has 0 aliphatic rings. The van der Waals surface area contributed by atoms with E-state index in [2.05, 4.69) is 5.32 Å². The zero-order valence-corrected chi connectivity index (χ0v) is 9.62. The van der Waals surface area contributed by atoms with Crippen molar-refractivity contribution in [2.75, 3.05) is 0 Å². The lowest BCUT2D eigenvalue weighted by molar-refractivity contribution is -0.139. The Balaban J connectivity index is 3.01. The molecule has 3 nitrogen and oxygen atoms in total. The van der Waals surface area contributed by atoms with Crippen molar-refractivity contribution in [3.63, 3.8) is 0 Å². The quantitative estimate of drug-likeness (QED) is 0.826. The van der Waals surface area contributed by atoms with Gasteiger partial charge in [-0.15, -0.1) is 0 Å². The monoisotopic (exact) mass is 225 g/mol. The van der Waals surface area contributed by atoms with Gasteiger partial charge in [-0.25, -0.2) is 4.39 Å². The Morgan fingerprint density at radius 2 is 2.06 bits per heavy atom. The van der Waals surface area contributed by atoms with E-state index in [4.69, 9.17) is 5.11 Å². The Hall–Kier alpha value is -1.42. The lowest BCUT2D eigenvalue weighted by Crippen LogP contribution is -2.33. The zero-order valence-electron chi connectivity index (χ0n) is 9.62. The highest BCUT2D eigenvalue weighted by atomic mass is 19.1. The Morgan fingerprint density at radius 3 is 2.50 bits per heavy atom. The first-order chi connectivity index (χ1) is 7.41. The van der Waals surface area contributed by atoms with Crippen LogP contribution in [0.4, 0.5) is 4.39 Å². The number of carboxylic acid groups (broad SMARTS) is 1. The normalized spacial score (nSPS) is 12.8. The van der Waals surface area contributed by atoms with Crippen LogP contribution in [-0.4, -0.2) is 17.1 Å². The Morgan fingerprint density at radius 1 is 1.44 bits per heavy atom. The Labute approximate surface area is 94.3 Å². The average molecular weight is 225 g/mol. The fourth-order valence-corrected chi connectivity index (χ4v) is 1.49. The molecule has 16 heavy (non-hydrogen) atoms. The molecule has 1 aromatic carbocycles. The van der Waals surface area contributed by atoms with Crippen LogP contribution >= 0.6 is 0 Å². The lowest BCUT2D eigenvalue weighted by Gasteiger charge is -2.18. The molecule has 0 heterocycles. The summed E-state index contributed by atoms with van der Waals surface area (Å²) in [4.78, 5) is 11.1. The van der Waals surface area contributed by atoms with Gasteiger partial charge in [0.25, 0.3) is 0 Å². The third-order valence-corrected chi connectivity index (χ3v) is 2.26. The maximum atomic E-state index is 13.1. The van der Waals surface area contributed by atoms with Crippen molar-refractivity contribution >= 4 is 5.97 Å². The molecular formula is C12H16FNO2. The van der Waals surface area contributed by atoms with Crippen LogP contribution in [0, 0.1) is 12.7 Å². The molecule has 0 aromatic heterocycles. The minimum atomic E-state index is -0.959. The van der Waals surface area contributed by atoms with Crippen LogP contribution in [0.25, 0.3) is 0 Å². The number of hydrogen-bond acceptors (Lipinski definition) is 2. The topological polar surface area (TPSA) is 49.3 Å². The second-order valence-corrected chi connectivity index (χ2v) is 4.10. The van der Waals surface area contributed by atoms with Crippen molar-refractivity contribution in [3.8, 4) is 0 Å². The van der Waals surface area contributed by atoms with E-state index >= 15 is 0 Å². The van der Waals surface area contributed by atoms with Gasteiger partial charge < -0.3 is 5.11 Å². The molecule has 1 aromatic rings. The number of aryl methyl sites for hydroxylation is 1. The summed E-state index contributed by atoms with van der Waals surface area (Å²) < 4.78 is 13.1. The Bertz CT molecular complexity index is 391. The fraction of sp³-hybridized carbons (Fsp3) is 0.417. The van der Waals surface area contributed by atoms with Crippen LogP contribution in [0.15, 0.2) is 18.2 Å². The van der Waals surface area contributed by atoms with Crippen LogP contribution in [0.1, 0.15) is 31.0 Å². The van der Waals surface area contributed by atoms with E-state index < -0.39 is 12.0 Å². The van der Waals surface area contributed by atoms with Crippen molar-refractivity contribution in [3.05, 3.63) is 35.1 Å². The maximum Gasteiger partial charge on any atom is 0.325 e. The predicted molar refractivity (Wildman–Crippen MR) is 59.8 cm³/mol. The van der Waals surface area contributed by atoms with Gasteiger partial charge in [0.1, 0.15) is 11.9 Å². The van der Waals surface area contributed by atoms with Crippen molar-refractivity contribution < 1.29 is 14.3 Å². The van der Waals surface area contributed by atoms with Crippen molar-refractivity contribution in [2.24, 2.45) is 0 Å². The van der Waals surface area contributed by atoms with Crippen molar-refractivity contribution in [1.29, 1.82) is 0 Å². The van der Waals surface area contributed by atoms with Gasteiger partial charge in [0.05, 0.1) is 0 Å². The first-order valence-corrected chi connectivity index (χ1v) is 5.16. The highest BCUT2D eigenvalue weighted by Gasteiger charge is 2.20. The highest BCUT2D eigenvalue weighted by Crippen LogP contribution is 2.17. The molecule has 0 aliphatic carbocycles. The molecule has 88 valence electrons. The van der Waals surface area contributed by atoms with E-state index in [1.807, 2.05) is 13.8 Å². The number of halogens is 1. The molecule has 0 spiro atoms. The van der Waals surface area contributed by atoms with E-state index in [9.17, 15) is 9.18 Å². The van der Waals surface area contributed by atoms with Gasteiger partial charge in [-0.1, -0.05) is 12.1 Å². The molecule has 0 saturated heterocycles. The van der Waals surface area contributed by atoms with Gasteiger partial charge in [0, 0.05) is 6.04 Å². The van der Waals surface area contributed by atoms with E-state index in [-0.39, 0.29) is 11.9 Å². The minimum Gasteiger partial charge on any atom is -0.480 e. The number of benzene rings is 1. The number of aliphatic carboxylic acids is 1. The molecule has 1 rings (SSSR count). The number of hydrogen-bond donors (Lipinski definition) is 2. The van der Waals surface area contributed by atoms with Gasteiger partial charge >= 0.3 is 5.97 Å². The molecule has 1 unspecified atom stereocenters. The van der Waals surface area contributed by atoms with Crippen molar-refractivity contribution in [1.82, 2.24) is 5.32 Å². The fourth-order valence-electron chi connectivity index (χ4n) is 1.49. The smallest absolute Gasteiger partial charge is 0.325 e. The summed E-state index contributed by atoms with van der Waals surface area (Å²) in [5, 5.41) is 12.0. The van der Waals surface area contributed by atoms with Crippen LogP contribution in [-0.2, 0) is 4.79 Å². The summed E-state index contributed by atoms with van der Waals surface area (Å²) in [6.07, 6.45) is 0. The van der Waals surface area contributed by atoms with Gasteiger partial charge in [0.2, 0.25) is 0 Å². The van der Waals surface area contributed by atoms with Crippen LogP contribution < -0.4 is 5.32 Å². The van der Waals surface area contributed by atoms with Crippen molar-refractivity contribution in [2.45, 2.75) is 32.9 Å². The summed E-state index contributed by atoms with van der Waals surface area (Å²) in [5.74, 6) is -1.28. The van der Waals surface area contributed by atoms with Gasteiger partial charge in [-0.3, -0.25) is 10.1 Å². The second kappa shape index (κ2) is 5.07. The Kier molecular flexibility index (Phi) is 4.01. The molecule has 2 N–H and O–H groups in total. The maximum absolute atomic E-state index is 13.1. The standard InChI is InChI=1S/C12H16FNO2/c1-7(2)14-11(12(15)16)9-4-5-10(13)8(3)6-9/h4-7,11,14H,1-3H3,(H,15,16). The molecule has 4 heteroatoms. The van der Waals surface area contributed by atoms with E-state index in [1.54, 1.807) is 13.0 Å². The lowest BCUT2D eigenvalue weighted by atomic mass is 10.0. The van der Waals surface area contributed by atoms with Gasteiger partial charge in [-0.05, 0) is 38.0 Å². The van der Waals surface area contributed by atoms with Crippen LogP contribution in [0.3, 0.4) is 0 Å².